The Bertz CT molecular complexity index is 124. The Morgan fingerprint density at radius 1 is 0.625 bits per heavy atom. The topological polar surface area (TPSA) is 51.4 Å². The summed E-state index contributed by atoms with van der Waals surface area (Å²) in [5, 5.41) is 12.9. The van der Waals surface area contributed by atoms with Crippen LogP contribution >= 0.6 is 0 Å². The normalized spacial score (nSPS) is 11.2. The van der Waals surface area contributed by atoms with Crippen LogP contribution in [0.1, 0.15) is 0 Å². The first-order valence-electron chi connectivity index (χ1n) is 6.22. The molecule has 0 heterocycles. The van der Waals surface area contributed by atoms with E-state index in [2.05, 4.69) is 26.2 Å². The summed E-state index contributed by atoms with van der Waals surface area (Å²) in [5.41, 5.74) is 0. The second-order valence-electron chi connectivity index (χ2n) is 3.90. The van der Waals surface area contributed by atoms with Crippen molar-refractivity contribution < 1.29 is 0 Å². The minimum absolute atomic E-state index is 1.03. The van der Waals surface area contributed by atoms with Crippen LogP contribution in [-0.2, 0) is 0 Å². The molecule has 0 unspecified atom stereocenters. The van der Waals surface area contributed by atoms with Crippen molar-refractivity contribution in [3.05, 3.63) is 0 Å². The summed E-state index contributed by atoms with van der Waals surface area (Å²) in [7, 11) is 5.98. The van der Waals surface area contributed by atoms with Gasteiger partial charge in [0.15, 0.2) is 0 Å². The van der Waals surface area contributed by atoms with Crippen LogP contribution in [0.3, 0.4) is 0 Å². The number of nitrogens with one attached hydrogen (secondary N) is 4. The first kappa shape index (κ1) is 15.8. The summed E-state index contributed by atoms with van der Waals surface area (Å²) in [5.74, 6) is 0. The highest BCUT2D eigenvalue weighted by molar-refractivity contribution is 4.62. The number of nitrogens with zero attached hydrogens (tertiary/aromatic N) is 1. The lowest BCUT2D eigenvalue weighted by atomic mass is 10.4. The first-order chi connectivity index (χ1) is 7.85. The van der Waals surface area contributed by atoms with Crippen LogP contribution in [0.25, 0.3) is 0 Å². The molecule has 4 N–H and O–H groups in total. The molecule has 0 aliphatic carbocycles. The van der Waals surface area contributed by atoms with Crippen LogP contribution in [0.5, 0.6) is 0 Å². The fourth-order valence-corrected chi connectivity index (χ4v) is 1.45. The Morgan fingerprint density at radius 2 is 1.12 bits per heavy atom. The van der Waals surface area contributed by atoms with Crippen molar-refractivity contribution in [2.75, 3.05) is 73.5 Å². The molecule has 0 bridgehead atoms. The van der Waals surface area contributed by atoms with Crippen molar-refractivity contribution in [3.8, 4) is 0 Å². The highest BCUT2D eigenvalue weighted by Crippen LogP contribution is 1.85. The average Bonchev–Trinajstić information content (AvgIpc) is 2.31. The van der Waals surface area contributed by atoms with E-state index in [9.17, 15) is 0 Å². The molecule has 0 radical (unpaired) electrons. The third-order valence-electron chi connectivity index (χ3n) is 2.51. The van der Waals surface area contributed by atoms with Crippen LogP contribution in [0.15, 0.2) is 0 Å². The van der Waals surface area contributed by atoms with Gasteiger partial charge in [-0.05, 0) is 21.1 Å². The lowest BCUT2D eigenvalue weighted by molar-refractivity contribution is 0.276. The fraction of sp³-hybridized carbons (Fsp3) is 1.00. The maximum absolute atomic E-state index is 3.42. The molecule has 0 spiro atoms. The van der Waals surface area contributed by atoms with E-state index < -0.39 is 0 Å². The molecule has 0 aliphatic rings. The Labute approximate surface area is 100 Å². The zero-order valence-corrected chi connectivity index (χ0v) is 11.1. The summed E-state index contributed by atoms with van der Waals surface area (Å²) in [4.78, 5) is 2.47. The molecule has 5 heteroatoms. The molecule has 0 amide bonds. The summed E-state index contributed by atoms with van der Waals surface area (Å²) in [6.45, 7) is 8.61. The molecular formula is C11H29N5. The van der Waals surface area contributed by atoms with E-state index in [0.29, 0.717) is 0 Å². The van der Waals surface area contributed by atoms with Crippen LogP contribution < -0.4 is 21.3 Å². The van der Waals surface area contributed by atoms with Gasteiger partial charge < -0.3 is 21.3 Å². The Morgan fingerprint density at radius 3 is 1.62 bits per heavy atom. The minimum Gasteiger partial charge on any atom is -0.318 e. The van der Waals surface area contributed by atoms with Gasteiger partial charge in [0, 0.05) is 52.4 Å². The van der Waals surface area contributed by atoms with E-state index in [-0.39, 0.29) is 0 Å². The summed E-state index contributed by atoms with van der Waals surface area (Å²) in [6, 6.07) is 0. The van der Waals surface area contributed by atoms with Crippen molar-refractivity contribution in [2.45, 2.75) is 0 Å². The molecule has 0 aliphatic heterocycles. The highest BCUT2D eigenvalue weighted by Gasteiger charge is 2.02. The summed E-state index contributed by atoms with van der Waals surface area (Å²) >= 11 is 0. The van der Waals surface area contributed by atoms with Gasteiger partial charge in [-0.15, -0.1) is 0 Å². The monoisotopic (exact) mass is 231 g/mol. The smallest absolute Gasteiger partial charge is 0.0108 e. The summed E-state index contributed by atoms with van der Waals surface area (Å²) in [6.07, 6.45) is 0. The second-order valence-corrected chi connectivity index (χ2v) is 3.90. The van der Waals surface area contributed by atoms with Crippen LogP contribution in [0.4, 0.5) is 0 Å². The van der Waals surface area contributed by atoms with Gasteiger partial charge in [0.1, 0.15) is 0 Å². The van der Waals surface area contributed by atoms with E-state index in [1.54, 1.807) is 0 Å². The molecule has 0 saturated carbocycles. The Hall–Kier alpha value is -0.200. The third-order valence-corrected chi connectivity index (χ3v) is 2.51. The number of hydrogen-bond donors (Lipinski definition) is 4. The van der Waals surface area contributed by atoms with Gasteiger partial charge in [0.05, 0.1) is 0 Å². The Balaban J connectivity index is 3.48. The zero-order chi connectivity index (χ0) is 12.1. The van der Waals surface area contributed by atoms with Crippen molar-refractivity contribution >= 4 is 0 Å². The van der Waals surface area contributed by atoms with E-state index in [1.165, 1.54) is 0 Å². The highest BCUT2D eigenvalue weighted by atomic mass is 15.2. The molecule has 0 fully saturated rings. The molecule has 0 aromatic rings. The first-order valence-corrected chi connectivity index (χ1v) is 6.22. The van der Waals surface area contributed by atoms with Crippen LogP contribution in [0.2, 0.25) is 0 Å². The molecule has 0 atom stereocenters. The predicted octanol–water partition coefficient (Wildman–Crippen LogP) is -1.46. The van der Waals surface area contributed by atoms with Gasteiger partial charge in [0.2, 0.25) is 0 Å². The second kappa shape index (κ2) is 12.9. The third kappa shape index (κ3) is 10.3. The predicted molar refractivity (Wildman–Crippen MR) is 71.1 cm³/mol. The number of rotatable bonds is 12. The SMILES string of the molecule is CNCCNCCN(CCNC)CCNC. The fourth-order valence-electron chi connectivity index (χ4n) is 1.45. The number of hydrogen-bond acceptors (Lipinski definition) is 5. The van der Waals surface area contributed by atoms with Gasteiger partial charge in [-0.2, -0.15) is 0 Å². The van der Waals surface area contributed by atoms with Crippen LogP contribution in [-0.4, -0.2) is 78.4 Å². The lowest BCUT2D eigenvalue weighted by Crippen LogP contribution is -2.40. The van der Waals surface area contributed by atoms with E-state index in [4.69, 9.17) is 0 Å². The summed E-state index contributed by atoms with van der Waals surface area (Å²) < 4.78 is 0. The standard InChI is InChI=1S/C11H29N5/c1-12-4-5-15-8-11-16(9-6-13-2)10-7-14-3/h12-15H,4-11H2,1-3H3. The van der Waals surface area contributed by atoms with Gasteiger partial charge in [-0.3, -0.25) is 4.90 Å². The van der Waals surface area contributed by atoms with E-state index in [0.717, 1.165) is 52.4 Å². The van der Waals surface area contributed by atoms with Gasteiger partial charge in [-0.1, -0.05) is 0 Å². The van der Waals surface area contributed by atoms with E-state index in [1.807, 2.05) is 21.1 Å². The van der Waals surface area contributed by atoms with Gasteiger partial charge >= 0.3 is 0 Å². The largest absolute Gasteiger partial charge is 0.318 e. The van der Waals surface area contributed by atoms with Crippen molar-refractivity contribution in [1.82, 2.24) is 26.2 Å². The molecule has 5 nitrogen and oxygen atoms in total. The molecule has 98 valence electrons. The molecule has 0 aromatic heterocycles. The Kier molecular flexibility index (Phi) is 12.7. The zero-order valence-electron chi connectivity index (χ0n) is 11.1. The molecular weight excluding hydrogens is 202 g/mol. The van der Waals surface area contributed by atoms with E-state index >= 15 is 0 Å². The maximum atomic E-state index is 3.42. The van der Waals surface area contributed by atoms with Crippen molar-refractivity contribution in [3.63, 3.8) is 0 Å². The van der Waals surface area contributed by atoms with Crippen molar-refractivity contribution in [1.29, 1.82) is 0 Å². The molecule has 0 rings (SSSR count). The van der Waals surface area contributed by atoms with Crippen molar-refractivity contribution in [2.24, 2.45) is 0 Å². The van der Waals surface area contributed by atoms with Gasteiger partial charge in [-0.25, -0.2) is 0 Å². The lowest BCUT2D eigenvalue weighted by Gasteiger charge is -2.22. The maximum Gasteiger partial charge on any atom is 0.0108 e. The number of likely N-dealkylation sites (N-methyl/N-ethyl adjacent to an activating group) is 3. The molecule has 0 aromatic carbocycles. The average molecular weight is 231 g/mol. The molecule has 16 heavy (non-hydrogen) atoms. The minimum atomic E-state index is 1.03. The van der Waals surface area contributed by atoms with Gasteiger partial charge in [0.25, 0.3) is 0 Å². The quantitative estimate of drug-likeness (QED) is 0.309. The van der Waals surface area contributed by atoms with Crippen LogP contribution in [0, 0.1) is 0 Å². The molecule has 0 saturated heterocycles.